The predicted octanol–water partition coefficient (Wildman–Crippen LogP) is 2.09. The molecule has 3 nitrogen and oxygen atoms in total. The molecule has 0 saturated carbocycles. The number of thioether (sulfide) groups is 1. The highest BCUT2D eigenvalue weighted by molar-refractivity contribution is 8.00. The molecule has 2 rings (SSSR count). The highest BCUT2D eigenvalue weighted by Gasteiger charge is 2.14. The topological polar surface area (TPSA) is 37.8 Å². The highest BCUT2D eigenvalue weighted by Crippen LogP contribution is 2.25. The lowest BCUT2D eigenvalue weighted by Crippen LogP contribution is -2.14. The number of nitrogens with zero attached hydrogens (tertiary/aromatic N) is 2. The van der Waals surface area contributed by atoms with Gasteiger partial charge in [0.1, 0.15) is 5.82 Å². The van der Waals surface area contributed by atoms with Gasteiger partial charge in [0.2, 0.25) is 0 Å². The summed E-state index contributed by atoms with van der Waals surface area (Å²) >= 11 is 2.06. The van der Waals surface area contributed by atoms with Crippen molar-refractivity contribution in [2.24, 2.45) is 0 Å². The third kappa shape index (κ3) is 2.61. The summed E-state index contributed by atoms with van der Waals surface area (Å²) in [6.45, 7) is 3.05. The van der Waals surface area contributed by atoms with Crippen LogP contribution in [0.4, 0.5) is 5.82 Å². The number of aryl methyl sites for hydroxylation is 1. The minimum absolute atomic E-state index is 0.761. The average Bonchev–Trinajstić information content (AvgIpc) is 2.67. The Morgan fingerprint density at radius 1 is 1.64 bits per heavy atom. The summed E-state index contributed by atoms with van der Waals surface area (Å²) in [5, 5.41) is 12.0. The summed E-state index contributed by atoms with van der Waals surface area (Å²) in [7, 11) is 0. The lowest BCUT2D eigenvalue weighted by atomic mass is 10.2. The number of hydrogen-bond acceptors (Lipinski definition) is 4. The predicted molar refractivity (Wildman–Crippen MR) is 60.7 cm³/mol. The van der Waals surface area contributed by atoms with Crippen molar-refractivity contribution < 1.29 is 0 Å². The van der Waals surface area contributed by atoms with Crippen LogP contribution in [0.15, 0.2) is 12.3 Å². The van der Waals surface area contributed by atoms with Gasteiger partial charge in [0.25, 0.3) is 0 Å². The zero-order valence-electron chi connectivity index (χ0n) is 8.36. The van der Waals surface area contributed by atoms with Crippen LogP contribution in [-0.4, -0.2) is 27.7 Å². The molecular weight excluding hydrogens is 194 g/mol. The van der Waals surface area contributed by atoms with Crippen LogP contribution < -0.4 is 5.32 Å². The van der Waals surface area contributed by atoms with E-state index < -0.39 is 0 Å². The van der Waals surface area contributed by atoms with E-state index in [2.05, 4.69) is 27.3 Å². The fourth-order valence-corrected chi connectivity index (χ4v) is 2.78. The minimum Gasteiger partial charge on any atom is -0.367 e. The smallest absolute Gasteiger partial charge is 0.148 e. The van der Waals surface area contributed by atoms with Crippen LogP contribution in [0.3, 0.4) is 0 Å². The lowest BCUT2D eigenvalue weighted by molar-refractivity contribution is 0.801. The SMILES string of the molecule is Cc1cnnc(NCC2CCCS2)c1. The van der Waals surface area contributed by atoms with Crippen LogP contribution >= 0.6 is 11.8 Å². The van der Waals surface area contributed by atoms with E-state index >= 15 is 0 Å². The minimum atomic E-state index is 0.761. The second kappa shape index (κ2) is 4.64. The third-order valence-electron chi connectivity index (χ3n) is 2.33. The van der Waals surface area contributed by atoms with Crippen molar-refractivity contribution in [2.45, 2.75) is 25.0 Å². The van der Waals surface area contributed by atoms with E-state index in [1.807, 2.05) is 13.0 Å². The van der Waals surface area contributed by atoms with Gasteiger partial charge >= 0.3 is 0 Å². The number of nitrogens with one attached hydrogen (secondary N) is 1. The Kier molecular flexibility index (Phi) is 3.24. The monoisotopic (exact) mass is 209 g/mol. The van der Waals surface area contributed by atoms with Crippen molar-refractivity contribution in [2.75, 3.05) is 17.6 Å². The molecule has 4 heteroatoms. The molecule has 1 aliphatic rings. The molecule has 1 aromatic rings. The van der Waals surface area contributed by atoms with E-state index in [1.54, 1.807) is 6.20 Å². The van der Waals surface area contributed by atoms with E-state index in [1.165, 1.54) is 18.6 Å². The van der Waals surface area contributed by atoms with Crippen LogP contribution in [0, 0.1) is 6.92 Å². The zero-order chi connectivity index (χ0) is 9.80. The first-order valence-electron chi connectivity index (χ1n) is 4.99. The van der Waals surface area contributed by atoms with E-state index in [0.29, 0.717) is 0 Å². The van der Waals surface area contributed by atoms with Crippen LogP contribution in [0.25, 0.3) is 0 Å². The van der Waals surface area contributed by atoms with Crippen molar-refractivity contribution in [3.8, 4) is 0 Å². The maximum Gasteiger partial charge on any atom is 0.148 e. The quantitative estimate of drug-likeness (QED) is 0.827. The molecule has 2 heterocycles. The van der Waals surface area contributed by atoms with Gasteiger partial charge < -0.3 is 5.32 Å². The summed E-state index contributed by atoms with van der Waals surface area (Å²) in [5.41, 5.74) is 1.15. The standard InChI is InChI=1S/C10H15N3S/c1-8-5-10(13-12-6-8)11-7-9-3-2-4-14-9/h5-6,9H,2-4,7H2,1H3,(H,11,13). The number of hydrogen-bond donors (Lipinski definition) is 1. The fraction of sp³-hybridized carbons (Fsp3) is 0.600. The maximum absolute atomic E-state index is 4.03. The van der Waals surface area contributed by atoms with Gasteiger partial charge in [0.05, 0.1) is 6.20 Å². The fourth-order valence-electron chi connectivity index (χ4n) is 1.57. The molecule has 1 atom stereocenters. The van der Waals surface area contributed by atoms with Crippen molar-refractivity contribution in [3.05, 3.63) is 17.8 Å². The molecule has 1 aliphatic heterocycles. The van der Waals surface area contributed by atoms with E-state index in [4.69, 9.17) is 0 Å². The van der Waals surface area contributed by atoms with Gasteiger partial charge in [-0.25, -0.2) is 0 Å². The average molecular weight is 209 g/mol. The molecule has 0 radical (unpaired) electrons. The molecule has 0 spiro atoms. The van der Waals surface area contributed by atoms with Gasteiger partial charge in [-0.2, -0.15) is 16.9 Å². The molecule has 1 unspecified atom stereocenters. The third-order valence-corrected chi connectivity index (χ3v) is 3.72. The Hall–Kier alpha value is -0.770. The van der Waals surface area contributed by atoms with Gasteiger partial charge in [-0.1, -0.05) is 0 Å². The maximum atomic E-state index is 4.03. The first-order chi connectivity index (χ1) is 6.84. The number of rotatable bonds is 3. The molecule has 0 aliphatic carbocycles. The van der Waals surface area contributed by atoms with E-state index in [9.17, 15) is 0 Å². The van der Waals surface area contributed by atoms with Crippen LogP contribution in [0.2, 0.25) is 0 Å². The molecule has 76 valence electrons. The van der Waals surface area contributed by atoms with Gasteiger partial charge in [0, 0.05) is 11.8 Å². The second-order valence-corrected chi connectivity index (χ2v) is 5.04. The van der Waals surface area contributed by atoms with Gasteiger partial charge in [-0.15, -0.1) is 5.10 Å². The number of anilines is 1. The van der Waals surface area contributed by atoms with Crippen molar-refractivity contribution in [1.82, 2.24) is 10.2 Å². The van der Waals surface area contributed by atoms with Gasteiger partial charge in [0.15, 0.2) is 0 Å². The molecule has 0 aromatic carbocycles. The Morgan fingerprint density at radius 2 is 2.57 bits per heavy atom. The summed E-state index contributed by atoms with van der Waals surface area (Å²) in [4.78, 5) is 0. The Bertz CT molecular complexity index is 297. The molecule has 1 aromatic heterocycles. The Morgan fingerprint density at radius 3 is 3.29 bits per heavy atom. The molecule has 1 fully saturated rings. The largest absolute Gasteiger partial charge is 0.367 e. The summed E-state index contributed by atoms with van der Waals surface area (Å²) < 4.78 is 0. The van der Waals surface area contributed by atoms with Gasteiger partial charge in [-0.05, 0) is 37.1 Å². The van der Waals surface area contributed by atoms with E-state index in [-0.39, 0.29) is 0 Å². The van der Waals surface area contributed by atoms with Gasteiger partial charge in [-0.3, -0.25) is 0 Å². The van der Waals surface area contributed by atoms with Crippen LogP contribution in [0.1, 0.15) is 18.4 Å². The Labute approximate surface area is 88.7 Å². The van der Waals surface area contributed by atoms with Crippen molar-refractivity contribution in [3.63, 3.8) is 0 Å². The second-order valence-electron chi connectivity index (χ2n) is 3.63. The lowest BCUT2D eigenvalue weighted by Gasteiger charge is -2.09. The van der Waals surface area contributed by atoms with Crippen molar-refractivity contribution in [1.29, 1.82) is 0 Å². The van der Waals surface area contributed by atoms with Crippen LogP contribution in [-0.2, 0) is 0 Å². The molecular formula is C10H15N3S. The molecule has 1 saturated heterocycles. The number of aromatic nitrogens is 2. The van der Waals surface area contributed by atoms with Crippen molar-refractivity contribution >= 4 is 17.6 Å². The molecule has 1 N–H and O–H groups in total. The highest BCUT2D eigenvalue weighted by atomic mass is 32.2. The molecule has 0 amide bonds. The molecule has 14 heavy (non-hydrogen) atoms. The molecule has 0 bridgehead atoms. The zero-order valence-corrected chi connectivity index (χ0v) is 9.18. The van der Waals surface area contributed by atoms with E-state index in [0.717, 1.165) is 23.2 Å². The summed E-state index contributed by atoms with van der Waals surface area (Å²) in [6.07, 6.45) is 4.46. The summed E-state index contributed by atoms with van der Waals surface area (Å²) in [6, 6.07) is 2.03. The van der Waals surface area contributed by atoms with Crippen LogP contribution in [0.5, 0.6) is 0 Å². The Balaban J connectivity index is 1.85. The first-order valence-corrected chi connectivity index (χ1v) is 6.04. The first kappa shape index (κ1) is 9.77. The normalized spacial score (nSPS) is 21.1. The summed E-state index contributed by atoms with van der Waals surface area (Å²) in [5.74, 6) is 2.21.